The van der Waals surface area contributed by atoms with Crippen molar-refractivity contribution >= 4 is 23.3 Å². The third kappa shape index (κ3) is 4.79. The predicted molar refractivity (Wildman–Crippen MR) is 120 cm³/mol. The van der Waals surface area contributed by atoms with Gasteiger partial charge in [0.15, 0.2) is 5.82 Å². The number of piperidine rings is 1. The average Bonchev–Trinajstić information content (AvgIpc) is 2.79. The Balaban J connectivity index is 1.38. The van der Waals surface area contributed by atoms with E-state index in [9.17, 15) is 4.79 Å². The molecule has 6 heteroatoms. The molecule has 0 aliphatic carbocycles. The lowest BCUT2D eigenvalue weighted by molar-refractivity contribution is -0.125. The van der Waals surface area contributed by atoms with Gasteiger partial charge in [0.05, 0.1) is 11.6 Å². The fourth-order valence-corrected chi connectivity index (χ4v) is 3.96. The number of anilines is 1. The van der Waals surface area contributed by atoms with Crippen molar-refractivity contribution < 1.29 is 4.79 Å². The number of aromatic nitrogens is 2. The summed E-state index contributed by atoms with van der Waals surface area (Å²) in [7, 11) is 0. The van der Waals surface area contributed by atoms with Crippen molar-refractivity contribution in [2.24, 2.45) is 5.92 Å². The van der Waals surface area contributed by atoms with Crippen molar-refractivity contribution in [3.8, 4) is 11.3 Å². The van der Waals surface area contributed by atoms with Crippen LogP contribution in [0.2, 0.25) is 5.02 Å². The van der Waals surface area contributed by atoms with Gasteiger partial charge in [-0.1, -0.05) is 48.0 Å². The molecule has 0 radical (unpaired) electrons. The second-order valence-corrected chi connectivity index (χ2v) is 8.16. The van der Waals surface area contributed by atoms with Crippen molar-refractivity contribution in [1.82, 2.24) is 15.5 Å². The van der Waals surface area contributed by atoms with Crippen molar-refractivity contribution in [3.63, 3.8) is 0 Å². The molecule has 154 valence electrons. The summed E-state index contributed by atoms with van der Waals surface area (Å²) in [5, 5.41) is 12.6. The fraction of sp³-hybridized carbons (Fsp3) is 0.292. The molecule has 1 aromatic heterocycles. The molecule has 0 bridgehead atoms. The largest absolute Gasteiger partial charge is 0.354 e. The molecule has 30 heavy (non-hydrogen) atoms. The van der Waals surface area contributed by atoms with Gasteiger partial charge in [0.2, 0.25) is 5.91 Å². The maximum atomic E-state index is 12.7. The zero-order chi connectivity index (χ0) is 20.9. The van der Waals surface area contributed by atoms with Gasteiger partial charge in [-0.15, -0.1) is 10.2 Å². The first-order chi connectivity index (χ1) is 14.6. The molecule has 3 aromatic rings. The first kappa shape index (κ1) is 20.4. The number of carbonyl (C=O) groups excluding carboxylic acids is 1. The summed E-state index contributed by atoms with van der Waals surface area (Å²) in [5.74, 6) is 0.852. The molecular weight excluding hydrogens is 396 g/mol. The topological polar surface area (TPSA) is 58.1 Å². The molecule has 1 saturated heterocycles. The Morgan fingerprint density at radius 3 is 2.63 bits per heavy atom. The maximum absolute atomic E-state index is 12.7. The molecule has 1 atom stereocenters. The van der Waals surface area contributed by atoms with Gasteiger partial charge in [-0.25, -0.2) is 0 Å². The SMILES string of the molecule is Cc1ccccc1-c1ccc(N2CCC[C@H](C(=O)NCc3ccc(Cl)cc3)C2)nn1. The normalized spacial score (nSPS) is 16.3. The van der Waals surface area contributed by atoms with Crippen molar-refractivity contribution in [2.75, 3.05) is 18.0 Å². The average molecular weight is 421 g/mol. The second-order valence-electron chi connectivity index (χ2n) is 7.72. The zero-order valence-corrected chi connectivity index (χ0v) is 17.8. The zero-order valence-electron chi connectivity index (χ0n) is 17.0. The molecule has 2 aromatic carbocycles. The highest BCUT2D eigenvalue weighted by Crippen LogP contribution is 2.25. The summed E-state index contributed by atoms with van der Waals surface area (Å²) in [5.41, 5.74) is 4.17. The first-order valence-electron chi connectivity index (χ1n) is 10.3. The summed E-state index contributed by atoms with van der Waals surface area (Å²) >= 11 is 5.92. The Bertz CT molecular complexity index is 1000. The van der Waals surface area contributed by atoms with Crippen LogP contribution in [-0.2, 0) is 11.3 Å². The second kappa shape index (κ2) is 9.26. The van der Waals surface area contributed by atoms with Crippen LogP contribution in [0.1, 0.15) is 24.0 Å². The van der Waals surface area contributed by atoms with Crippen LogP contribution in [-0.4, -0.2) is 29.2 Å². The smallest absolute Gasteiger partial charge is 0.225 e. The van der Waals surface area contributed by atoms with Gasteiger partial charge in [0.25, 0.3) is 0 Å². The van der Waals surface area contributed by atoms with Crippen LogP contribution in [0.4, 0.5) is 5.82 Å². The molecule has 1 aliphatic rings. The molecule has 0 spiro atoms. The van der Waals surface area contributed by atoms with E-state index in [1.165, 1.54) is 5.56 Å². The molecule has 5 nitrogen and oxygen atoms in total. The number of halogens is 1. The summed E-state index contributed by atoms with van der Waals surface area (Å²) < 4.78 is 0. The van der Waals surface area contributed by atoms with Gasteiger partial charge < -0.3 is 10.2 Å². The van der Waals surface area contributed by atoms with E-state index >= 15 is 0 Å². The Morgan fingerprint density at radius 2 is 1.90 bits per heavy atom. The van der Waals surface area contributed by atoms with E-state index in [-0.39, 0.29) is 11.8 Å². The standard InChI is InChI=1S/C24H25ClN4O/c1-17-5-2-3-7-21(17)22-12-13-23(28-27-22)29-14-4-6-19(16-29)24(30)26-15-18-8-10-20(25)11-9-18/h2-3,5,7-13,19H,4,6,14-16H2,1H3,(H,26,30)/t19-/m0/s1. The molecule has 4 rings (SSSR count). The van der Waals surface area contributed by atoms with Gasteiger partial charge in [-0.3, -0.25) is 4.79 Å². The van der Waals surface area contributed by atoms with Crippen LogP contribution in [0.5, 0.6) is 0 Å². The number of benzene rings is 2. The number of carbonyl (C=O) groups is 1. The van der Waals surface area contributed by atoms with Crippen LogP contribution >= 0.6 is 11.6 Å². The number of rotatable bonds is 5. The molecule has 2 heterocycles. The minimum Gasteiger partial charge on any atom is -0.354 e. The number of aryl methyl sites for hydroxylation is 1. The monoisotopic (exact) mass is 420 g/mol. The summed E-state index contributed by atoms with van der Waals surface area (Å²) in [4.78, 5) is 14.8. The third-order valence-electron chi connectivity index (χ3n) is 5.57. The lowest BCUT2D eigenvalue weighted by atomic mass is 9.97. The molecular formula is C24H25ClN4O. The minimum atomic E-state index is -0.0519. The molecule has 1 fully saturated rings. The number of nitrogens with zero attached hydrogens (tertiary/aromatic N) is 3. The van der Waals surface area contributed by atoms with E-state index in [2.05, 4.69) is 39.5 Å². The molecule has 0 saturated carbocycles. The lowest BCUT2D eigenvalue weighted by Crippen LogP contribution is -2.43. The quantitative estimate of drug-likeness (QED) is 0.653. The van der Waals surface area contributed by atoms with E-state index in [4.69, 9.17) is 11.6 Å². The third-order valence-corrected chi connectivity index (χ3v) is 5.82. The van der Waals surface area contributed by atoms with E-state index in [0.29, 0.717) is 18.1 Å². The summed E-state index contributed by atoms with van der Waals surface area (Å²) in [6.07, 6.45) is 1.85. The number of amides is 1. The highest BCUT2D eigenvalue weighted by molar-refractivity contribution is 6.30. The molecule has 1 N–H and O–H groups in total. The Hall–Kier alpha value is -2.92. The van der Waals surface area contributed by atoms with Gasteiger partial charge in [0, 0.05) is 30.2 Å². The number of hydrogen-bond acceptors (Lipinski definition) is 4. The number of hydrogen-bond donors (Lipinski definition) is 1. The highest BCUT2D eigenvalue weighted by Gasteiger charge is 2.26. The summed E-state index contributed by atoms with van der Waals surface area (Å²) in [6.45, 7) is 4.13. The highest BCUT2D eigenvalue weighted by atomic mass is 35.5. The fourth-order valence-electron chi connectivity index (χ4n) is 3.83. The van der Waals surface area contributed by atoms with E-state index in [0.717, 1.165) is 42.0 Å². The van der Waals surface area contributed by atoms with Crippen LogP contribution < -0.4 is 10.2 Å². The number of nitrogens with one attached hydrogen (secondary N) is 1. The molecule has 0 unspecified atom stereocenters. The Morgan fingerprint density at radius 1 is 1.10 bits per heavy atom. The van der Waals surface area contributed by atoms with E-state index in [1.807, 2.05) is 48.5 Å². The minimum absolute atomic E-state index is 0.0519. The van der Waals surface area contributed by atoms with Crippen LogP contribution in [0, 0.1) is 12.8 Å². The van der Waals surface area contributed by atoms with Gasteiger partial charge >= 0.3 is 0 Å². The Labute approximate surface area is 182 Å². The van der Waals surface area contributed by atoms with E-state index in [1.54, 1.807) is 0 Å². The van der Waals surface area contributed by atoms with Crippen LogP contribution in [0.15, 0.2) is 60.7 Å². The van der Waals surface area contributed by atoms with E-state index < -0.39 is 0 Å². The van der Waals surface area contributed by atoms with Crippen LogP contribution in [0.25, 0.3) is 11.3 Å². The maximum Gasteiger partial charge on any atom is 0.225 e. The van der Waals surface area contributed by atoms with Gasteiger partial charge in [0.1, 0.15) is 0 Å². The first-order valence-corrected chi connectivity index (χ1v) is 10.6. The molecule has 1 amide bonds. The summed E-state index contributed by atoms with van der Waals surface area (Å²) in [6, 6.07) is 19.7. The van der Waals surface area contributed by atoms with Crippen molar-refractivity contribution in [3.05, 3.63) is 76.8 Å². The van der Waals surface area contributed by atoms with Gasteiger partial charge in [-0.05, 0) is 55.2 Å². The van der Waals surface area contributed by atoms with Crippen molar-refractivity contribution in [1.29, 1.82) is 0 Å². The molecule has 1 aliphatic heterocycles. The Kier molecular flexibility index (Phi) is 6.29. The predicted octanol–water partition coefficient (Wildman–Crippen LogP) is 4.64. The van der Waals surface area contributed by atoms with Gasteiger partial charge in [-0.2, -0.15) is 0 Å². The van der Waals surface area contributed by atoms with Crippen LogP contribution in [0.3, 0.4) is 0 Å². The van der Waals surface area contributed by atoms with Crippen molar-refractivity contribution in [2.45, 2.75) is 26.3 Å². The lowest BCUT2D eigenvalue weighted by Gasteiger charge is -2.32.